The Labute approximate surface area is 197 Å². The molecule has 0 aliphatic rings. The minimum atomic E-state index is -0.232. The molecular weight excluding hydrogens is 456 g/mol. The van der Waals surface area contributed by atoms with Crippen molar-refractivity contribution in [2.24, 2.45) is 0 Å². The minimum Gasteiger partial charge on any atom is -0.431 e. The van der Waals surface area contributed by atoms with Gasteiger partial charge in [-0.1, -0.05) is 53.4 Å². The second-order valence-electron chi connectivity index (χ2n) is 7.23. The molecule has 3 aromatic carbocycles. The highest BCUT2D eigenvalue weighted by Gasteiger charge is 2.15. The van der Waals surface area contributed by atoms with Crippen LogP contribution in [0.4, 0.5) is 10.8 Å². The van der Waals surface area contributed by atoms with Gasteiger partial charge in [0, 0.05) is 23.9 Å². The first-order valence-corrected chi connectivity index (χ1v) is 11.9. The van der Waals surface area contributed by atoms with Crippen molar-refractivity contribution in [2.75, 3.05) is 10.6 Å². The largest absolute Gasteiger partial charge is 0.431 e. The van der Waals surface area contributed by atoms with E-state index in [-0.39, 0.29) is 11.8 Å². The van der Waals surface area contributed by atoms with Crippen molar-refractivity contribution in [3.63, 3.8) is 0 Å². The van der Waals surface area contributed by atoms with Crippen LogP contribution in [0, 0.1) is 0 Å². The number of nitrogens with one attached hydrogen (secondary N) is 2. The summed E-state index contributed by atoms with van der Waals surface area (Å²) in [6.07, 6.45) is 0. The summed E-state index contributed by atoms with van der Waals surface area (Å²) in [6.45, 7) is 1.46. The van der Waals surface area contributed by atoms with Crippen LogP contribution in [0.1, 0.15) is 22.8 Å². The molecule has 2 heterocycles. The fraction of sp³-hybridized carbons (Fsp3) is 0.0833. The van der Waals surface area contributed by atoms with E-state index >= 15 is 0 Å². The quantitative estimate of drug-likeness (QED) is 0.296. The number of carbonyl (C=O) groups is 2. The Morgan fingerprint density at radius 2 is 1.79 bits per heavy atom. The summed E-state index contributed by atoms with van der Waals surface area (Å²) in [5, 5.41) is 6.71. The molecule has 2 aromatic heterocycles. The molecule has 0 bridgehead atoms. The topological polar surface area (TPSA) is 97.1 Å². The number of nitrogens with zero attached hydrogens (tertiary/aromatic N) is 2. The lowest BCUT2D eigenvalue weighted by Gasteiger charge is -2.07. The molecule has 0 unspecified atom stereocenters. The molecular formula is C24H18N4O3S2. The highest BCUT2D eigenvalue weighted by atomic mass is 32.2. The van der Waals surface area contributed by atoms with E-state index in [1.165, 1.54) is 30.0 Å². The lowest BCUT2D eigenvalue weighted by atomic mass is 10.1. The Morgan fingerprint density at radius 3 is 2.64 bits per heavy atom. The number of thiazole rings is 1. The molecule has 2 N–H and O–H groups in total. The lowest BCUT2D eigenvalue weighted by Crippen LogP contribution is -2.13. The molecule has 0 radical (unpaired) electrons. The third kappa shape index (κ3) is 4.74. The highest BCUT2D eigenvalue weighted by Crippen LogP contribution is 2.30. The summed E-state index contributed by atoms with van der Waals surface area (Å²) in [7, 11) is 0. The smallest absolute Gasteiger partial charge is 0.257 e. The SMILES string of the molecule is CC(=O)Nc1ccc2nc(NC(=O)c3ccccc3CSc3nc4ccccc4o3)sc2c1. The standard InChI is InChI=1S/C24H18N4O3S2/c1-14(29)25-16-10-11-19-21(12-16)33-23(26-19)28-22(30)17-7-3-2-6-15(17)13-32-24-27-18-8-4-5-9-20(18)31-24/h2-12H,13H2,1H3,(H,25,29)(H,26,28,30). The molecule has 33 heavy (non-hydrogen) atoms. The van der Waals surface area contributed by atoms with Crippen LogP contribution in [-0.4, -0.2) is 21.8 Å². The molecule has 7 nitrogen and oxygen atoms in total. The van der Waals surface area contributed by atoms with Crippen LogP contribution in [-0.2, 0) is 10.5 Å². The van der Waals surface area contributed by atoms with Gasteiger partial charge in [-0.25, -0.2) is 9.97 Å². The molecule has 0 aliphatic heterocycles. The molecule has 0 saturated carbocycles. The van der Waals surface area contributed by atoms with Crippen LogP contribution in [0.25, 0.3) is 21.3 Å². The number of anilines is 2. The summed E-state index contributed by atoms with van der Waals surface area (Å²) < 4.78 is 6.64. The zero-order valence-corrected chi connectivity index (χ0v) is 19.1. The number of amides is 2. The fourth-order valence-electron chi connectivity index (χ4n) is 3.34. The molecule has 0 aliphatic carbocycles. The average molecular weight is 475 g/mol. The first-order chi connectivity index (χ1) is 16.0. The van der Waals surface area contributed by atoms with Crippen LogP contribution >= 0.6 is 23.1 Å². The number of hydrogen-bond donors (Lipinski definition) is 2. The molecule has 5 aromatic rings. The predicted octanol–water partition coefficient (Wildman–Crippen LogP) is 5.94. The number of thioether (sulfide) groups is 1. The maximum atomic E-state index is 13.0. The minimum absolute atomic E-state index is 0.139. The Morgan fingerprint density at radius 1 is 0.970 bits per heavy atom. The van der Waals surface area contributed by atoms with Crippen LogP contribution in [0.15, 0.2) is 76.4 Å². The van der Waals surface area contributed by atoms with Gasteiger partial charge in [0.2, 0.25) is 5.91 Å². The zero-order valence-electron chi connectivity index (χ0n) is 17.5. The molecule has 9 heteroatoms. The van der Waals surface area contributed by atoms with Gasteiger partial charge < -0.3 is 9.73 Å². The van der Waals surface area contributed by atoms with Gasteiger partial charge in [-0.3, -0.25) is 14.9 Å². The van der Waals surface area contributed by atoms with Gasteiger partial charge in [-0.15, -0.1) is 0 Å². The number of hydrogen-bond acceptors (Lipinski definition) is 7. The van der Waals surface area contributed by atoms with E-state index in [1.807, 2.05) is 54.6 Å². The van der Waals surface area contributed by atoms with Gasteiger partial charge >= 0.3 is 0 Å². The molecule has 5 rings (SSSR count). The van der Waals surface area contributed by atoms with Crippen LogP contribution in [0.3, 0.4) is 0 Å². The van der Waals surface area contributed by atoms with E-state index in [9.17, 15) is 9.59 Å². The first kappa shape index (κ1) is 21.2. The second-order valence-corrected chi connectivity index (χ2v) is 9.19. The number of para-hydroxylation sites is 2. The molecule has 0 spiro atoms. The van der Waals surface area contributed by atoms with Crippen LogP contribution < -0.4 is 10.6 Å². The molecule has 0 atom stereocenters. The average Bonchev–Trinajstić information content (AvgIpc) is 3.40. The van der Waals surface area contributed by atoms with E-state index in [4.69, 9.17) is 4.42 Å². The molecule has 164 valence electrons. The van der Waals surface area contributed by atoms with E-state index in [2.05, 4.69) is 20.6 Å². The van der Waals surface area contributed by atoms with Crippen molar-refractivity contribution in [1.82, 2.24) is 9.97 Å². The maximum Gasteiger partial charge on any atom is 0.257 e. The summed E-state index contributed by atoms with van der Waals surface area (Å²) in [5.41, 5.74) is 4.44. The van der Waals surface area contributed by atoms with Crippen molar-refractivity contribution >= 4 is 67.0 Å². The van der Waals surface area contributed by atoms with Crippen molar-refractivity contribution in [1.29, 1.82) is 0 Å². The van der Waals surface area contributed by atoms with Crippen LogP contribution in [0.2, 0.25) is 0 Å². The van der Waals surface area contributed by atoms with E-state index < -0.39 is 0 Å². The third-order valence-corrected chi connectivity index (χ3v) is 6.63. The number of benzene rings is 3. The van der Waals surface area contributed by atoms with E-state index in [1.54, 1.807) is 12.1 Å². The van der Waals surface area contributed by atoms with Gasteiger partial charge in [0.15, 0.2) is 10.7 Å². The van der Waals surface area contributed by atoms with Crippen molar-refractivity contribution in [2.45, 2.75) is 17.9 Å². The van der Waals surface area contributed by atoms with Crippen molar-refractivity contribution in [3.05, 3.63) is 77.9 Å². The number of rotatable bonds is 6. The predicted molar refractivity (Wildman–Crippen MR) is 132 cm³/mol. The second kappa shape index (κ2) is 9.05. The fourth-order valence-corrected chi connectivity index (χ4v) is 5.09. The first-order valence-electron chi connectivity index (χ1n) is 10.1. The molecule has 2 amide bonds. The summed E-state index contributed by atoms with van der Waals surface area (Å²) in [5.74, 6) is 0.167. The number of aromatic nitrogens is 2. The van der Waals surface area contributed by atoms with E-state index in [0.717, 1.165) is 26.9 Å². The molecule has 0 saturated heterocycles. The van der Waals surface area contributed by atoms with Gasteiger partial charge in [0.05, 0.1) is 10.2 Å². The Balaban J connectivity index is 1.32. The third-order valence-electron chi connectivity index (χ3n) is 4.82. The van der Waals surface area contributed by atoms with Gasteiger partial charge in [0.1, 0.15) is 5.52 Å². The number of fused-ring (bicyclic) bond motifs is 2. The van der Waals surface area contributed by atoms with Crippen molar-refractivity contribution < 1.29 is 14.0 Å². The zero-order chi connectivity index (χ0) is 22.8. The van der Waals surface area contributed by atoms with Gasteiger partial charge in [-0.2, -0.15) is 0 Å². The monoisotopic (exact) mass is 474 g/mol. The Hall–Kier alpha value is -3.69. The maximum absolute atomic E-state index is 13.0. The van der Waals surface area contributed by atoms with Crippen molar-refractivity contribution in [3.8, 4) is 0 Å². The van der Waals surface area contributed by atoms with Gasteiger partial charge in [0.25, 0.3) is 11.1 Å². The summed E-state index contributed by atoms with van der Waals surface area (Å²) >= 11 is 2.80. The Kier molecular flexibility index (Phi) is 5.80. The summed E-state index contributed by atoms with van der Waals surface area (Å²) in [4.78, 5) is 33.3. The molecule has 0 fully saturated rings. The normalized spacial score (nSPS) is 11.1. The Bertz CT molecular complexity index is 1460. The van der Waals surface area contributed by atoms with E-state index in [0.29, 0.717) is 27.4 Å². The highest BCUT2D eigenvalue weighted by molar-refractivity contribution is 7.98. The lowest BCUT2D eigenvalue weighted by molar-refractivity contribution is -0.114. The van der Waals surface area contributed by atoms with Crippen LogP contribution in [0.5, 0.6) is 0 Å². The number of carbonyl (C=O) groups excluding carboxylic acids is 2. The summed E-state index contributed by atoms with van der Waals surface area (Å²) in [6, 6.07) is 20.5. The van der Waals surface area contributed by atoms with Gasteiger partial charge in [-0.05, 0) is 42.0 Å². The number of oxazole rings is 1.